The lowest BCUT2D eigenvalue weighted by atomic mass is 9.91. The van der Waals surface area contributed by atoms with Crippen molar-refractivity contribution in [2.75, 3.05) is 13.1 Å². The number of halogens is 1. The average Bonchev–Trinajstić information content (AvgIpc) is 2.23. The van der Waals surface area contributed by atoms with Crippen LogP contribution in [0.5, 0.6) is 5.75 Å². The number of nitrogens with one attached hydrogen (secondary N) is 1. The molecular weight excluding hydrogens is 254 g/mol. The first-order valence-corrected chi connectivity index (χ1v) is 5.34. The van der Waals surface area contributed by atoms with Crippen LogP contribution in [0.2, 0.25) is 0 Å². The van der Waals surface area contributed by atoms with Gasteiger partial charge in [0.15, 0.2) is 0 Å². The van der Waals surface area contributed by atoms with E-state index >= 15 is 0 Å². The quantitative estimate of drug-likeness (QED) is 0.867. The molecule has 3 heteroatoms. The van der Waals surface area contributed by atoms with Gasteiger partial charge in [-0.25, -0.2) is 0 Å². The fourth-order valence-electron chi connectivity index (χ4n) is 2.08. The van der Waals surface area contributed by atoms with Crippen LogP contribution in [-0.4, -0.2) is 18.2 Å². The number of hydrogen-bond acceptors (Lipinski definition) is 2. The Morgan fingerprint density at radius 2 is 1.87 bits per heavy atom. The van der Waals surface area contributed by atoms with Crippen molar-refractivity contribution in [2.24, 2.45) is 5.92 Å². The number of hydrogen-bond donors (Lipinski definition) is 2. The van der Waals surface area contributed by atoms with Gasteiger partial charge in [-0.2, -0.15) is 0 Å². The zero-order valence-corrected chi connectivity index (χ0v) is 10.5. The van der Waals surface area contributed by atoms with Gasteiger partial charge in [-0.3, -0.25) is 0 Å². The van der Waals surface area contributed by atoms with E-state index in [1.54, 1.807) is 6.07 Å². The van der Waals surface area contributed by atoms with Gasteiger partial charge in [-0.1, -0.05) is 18.2 Å². The summed E-state index contributed by atoms with van der Waals surface area (Å²) in [6, 6.07) is 7.67. The SMILES string of the molecule is Br.Oc1ccccc1CC1CCNCC1. The van der Waals surface area contributed by atoms with Crippen molar-refractivity contribution in [3.8, 4) is 5.75 Å². The number of para-hydroxylation sites is 1. The maximum atomic E-state index is 9.63. The summed E-state index contributed by atoms with van der Waals surface area (Å²) in [5, 5.41) is 13.0. The lowest BCUT2D eigenvalue weighted by Crippen LogP contribution is -2.28. The molecule has 1 heterocycles. The highest BCUT2D eigenvalue weighted by molar-refractivity contribution is 8.93. The first kappa shape index (κ1) is 12.5. The maximum absolute atomic E-state index is 9.63. The monoisotopic (exact) mass is 271 g/mol. The second kappa shape index (κ2) is 6.13. The summed E-state index contributed by atoms with van der Waals surface area (Å²) in [6.07, 6.45) is 3.48. The van der Waals surface area contributed by atoms with E-state index < -0.39 is 0 Å². The van der Waals surface area contributed by atoms with Crippen LogP contribution in [0.3, 0.4) is 0 Å². The van der Waals surface area contributed by atoms with Crippen LogP contribution in [0.25, 0.3) is 0 Å². The third-order valence-electron chi connectivity index (χ3n) is 2.96. The largest absolute Gasteiger partial charge is 0.508 e. The molecule has 2 rings (SSSR count). The van der Waals surface area contributed by atoms with E-state index in [1.807, 2.05) is 18.2 Å². The molecule has 2 nitrogen and oxygen atoms in total. The normalized spacial score (nSPS) is 17.1. The van der Waals surface area contributed by atoms with E-state index in [0.717, 1.165) is 31.0 Å². The smallest absolute Gasteiger partial charge is 0.118 e. The predicted molar refractivity (Wildman–Crippen MR) is 67.7 cm³/mol. The van der Waals surface area contributed by atoms with E-state index in [2.05, 4.69) is 5.32 Å². The molecule has 0 aliphatic carbocycles. The average molecular weight is 272 g/mol. The molecule has 0 spiro atoms. The summed E-state index contributed by atoms with van der Waals surface area (Å²) in [4.78, 5) is 0. The Labute approximate surface area is 101 Å². The summed E-state index contributed by atoms with van der Waals surface area (Å²) in [6.45, 7) is 2.25. The highest BCUT2D eigenvalue weighted by atomic mass is 79.9. The van der Waals surface area contributed by atoms with Gasteiger partial charge < -0.3 is 10.4 Å². The van der Waals surface area contributed by atoms with Gasteiger partial charge in [-0.15, -0.1) is 17.0 Å². The maximum Gasteiger partial charge on any atom is 0.118 e. The fraction of sp³-hybridized carbons (Fsp3) is 0.500. The van der Waals surface area contributed by atoms with Gasteiger partial charge in [0.05, 0.1) is 0 Å². The first-order valence-electron chi connectivity index (χ1n) is 5.34. The van der Waals surface area contributed by atoms with Crippen LogP contribution in [0, 0.1) is 5.92 Å². The van der Waals surface area contributed by atoms with Crippen LogP contribution in [-0.2, 0) is 6.42 Å². The molecule has 2 N–H and O–H groups in total. The molecule has 1 aliphatic heterocycles. The summed E-state index contributed by atoms with van der Waals surface area (Å²) >= 11 is 0. The van der Waals surface area contributed by atoms with E-state index in [4.69, 9.17) is 0 Å². The number of piperidine rings is 1. The van der Waals surface area contributed by atoms with E-state index in [1.165, 1.54) is 12.8 Å². The van der Waals surface area contributed by atoms with E-state index in [0.29, 0.717) is 5.75 Å². The lowest BCUT2D eigenvalue weighted by molar-refractivity contribution is 0.366. The number of benzene rings is 1. The van der Waals surface area contributed by atoms with Gasteiger partial charge >= 0.3 is 0 Å². The molecule has 15 heavy (non-hydrogen) atoms. The molecule has 1 fully saturated rings. The third-order valence-corrected chi connectivity index (χ3v) is 2.96. The fourth-order valence-corrected chi connectivity index (χ4v) is 2.08. The lowest BCUT2D eigenvalue weighted by Gasteiger charge is -2.22. The summed E-state index contributed by atoms with van der Waals surface area (Å²) in [5.41, 5.74) is 1.10. The molecular formula is C12H18BrNO. The van der Waals surface area contributed by atoms with Crippen molar-refractivity contribution in [3.05, 3.63) is 29.8 Å². The van der Waals surface area contributed by atoms with Gasteiger partial charge in [0.25, 0.3) is 0 Å². The second-order valence-electron chi connectivity index (χ2n) is 4.03. The van der Waals surface area contributed by atoms with Crippen molar-refractivity contribution >= 4 is 17.0 Å². The van der Waals surface area contributed by atoms with Gasteiger partial charge in [0.1, 0.15) is 5.75 Å². The van der Waals surface area contributed by atoms with Gasteiger partial charge in [0, 0.05) is 0 Å². The zero-order valence-electron chi connectivity index (χ0n) is 8.78. The Morgan fingerprint density at radius 1 is 1.20 bits per heavy atom. The molecule has 1 aliphatic rings. The molecule has 0 unspecified atom stereocenters. The van der Waals surface area contributed by atoms with Crippen LogP contribution >= 0.6 is 17.0 Å². The third kappa shape index (κ3) is 3.50. The van der Waals surface area contributed by atoms with Gasteiger partial charge in [0.2, 0.25) is 0 Å². The molecule has 0 amide bonds. The summed E-state index contributed by atoms with van der Waals surface area (Å²) < 4.78 is 0. The first-order chi connectivity index (χ1) is 6.86. The predicted octanol–water partition coefficient (Wildman–Crippen LogP) is 2.51. The summed E-state index contributed by atoms with van der Waals surface area (Å²) in [5.74, 6) is 1.19. The number of aromatic hydroxyl groups is 1. The number of phenolic OH excluding ortho intramolecular Hbond substituents is 1. The molecule has 1 saturated heterocycles. The topological polar surface area (TPSA) is 32.3 Å². The molecule has 0 aromatic heterocycles. The molecule has 0 radical (unpaired) electrons. The van der Waals surface area contributed by atoms with Crippen molar-refractivity contribution in [2.45, 2.75) is 19.3 Å². The molecule has 0 bridgehead atoms. The Morgan fingerprint density at radius 3 is 2.53 bits per heavy atom. The standard InChI is InChI=1S/C12H17NO.BrH/c14-12-4-2-1-3-11(12)9-10-5-7-13-8-6-10;/h1-4,10,13-14H,5-9H2;1H. The van der Waals surface area contributed by atoms with Crippen LogP contribution in [0.1, 0.15) is 18.4 Å². The summed E-state index contributed by atoms with van der Waals surface area (Å²) in [7, 11) is 0. The minimum absolute atomic E-state index is 0. The number of phenols is 1. The minimum atomic E-state index is 0. The Bertz CT molecular complexity index is 297. The highest BCUT2D eigenvalue weighted by Crippen LogP contribution is 2.23. The van der Waals surface area contributed by atoms with Gasteiger partial charge in [-0.05, 0) is 49.9 Å². The van der Waals surface area contributed by atoms with Crippen molar-refractivity contribution < 1.29 is 5.11 Å². The zero-order chi connectivity index (χ0) is 9.80. The Kier molecular flexibility index (Phi) is 5.12. The van der Waals surface area contributed by atoms with Crippen LogP contribution < -0.4 is 5.32 Å². The van der Waals surface area contributed by atoms with Crippen molar-refractivity contribution in [1.82, 2.24) is 5.32 Å². The van der Waals surface area contributed by atoms with E-state index in [9.17, 15) is 5.11 Å². The minimum Gasteiger partial charge on any atom is -0.508 e. The molecule has 84 valence electrons. The van der Waals surface area contributed by atoms with Crippen molar-refractivity contribution in [3.63, 3.8) is 0 Å². The van der Waals surface area contributed by atoms with Crippen LogP contribution in [0.4, 0.5) is 0 Å². The van der Waals surface area contributed by atoms with Crippen molar-refractivity contribution in [1.29, 1.82) is 0 Å². The second-order valence-corrected chi connectivity index (χ2v) is 4.03. The Balaban J connectivity index is 0.00000112. The molecule has 0 saturated carbocycles. The Hall–Kier alpha value is -0.540. The molecule has 1 aromatic carbocycles. The molecule has 0 atom stereocenters. The molecule has 1 aromatic rings. The van der Waals surface area contributed by atoms with E-state index in [-0.39, 0.29) is 17.0 Å². The highest BCUT2D eigenvalue weighted by Gasteiger charge is 2.14. The number of rotatable bonds is 2. The van der Waals surface area contributed by atoms with Crippen LogP contribution in [0.15, 0.2) is 24.3 Å².